The molecule has 0 aliphatic rings. The van der Waals surface area contributed by atoms with E-state index in [1.807, 2.05) is 16.8 Å². The molecule has 1 aromatic heterocycles. The summed E-state index contributed by atoms with van der Waals surface area (Å²) in [6.07, 6.45) is 1.74. The van der Waals surface area contributed by atoms with Gasteiger partial charge in [-0.2, -0.15) is 5.10 Å². The van der Waals surface area contributed by atoms with Crippen LogP contribution in [-0.4, -0.2) is 16.3 Å². The molecule has 0 unspecified atom stereocenters. The molecule has 0 spiro atoms. The highest BCUT2D eigenvalue weighted by molar-refractivity contribution is 9.10. The van der Waals surface area contributed by atoms with E-state index in [1.54, 1.807) is 12.3 Å². The van der Waals surface area contributed by atoms with E-state index in [1.165, 1.54) is 6.07 Å². The van der Waals surface area contributed by atoms with E-state index in [0.29, 0.717) is 12.1 Å². The smallest absolute Gasteiger partial charge is 0.129 e. The van der Waals surface area contributed by atoms with Gasteiger partial charge in [0.1, 0.15) is 5.82 Å². The van der Waals surface area contributed by atoms with Gasteiger partial charge in [0.15, 0.2) is 0 Å². The Morgan fingerprint density at radius 1 is 1.39 bits per heavy atom. The minimum absolute atomic E-state index is 0.214. The Balaban J connectivity index is 2.15. The molecule has 96 valence electrons. The number of hydrogen-bond donors (Lipinski definition) is 1. The first-order chi connectivity index (χ1) is 8.70. The summed E-state index contributed by atoms with van der Waals surface area (Å²) >= 11 is 3.25. The molecule has 0 aliphatic carbocycles. The molecule has 0 bridgehead atoms. The number of rotatable bonds is 5. The molecule has 5 heteroatoms. The van der Waals surface area contributed by atoms with E-state index in [0.717, 1.165) is 23.3 Å². The van der Waals surface area contributed by atoms with Gasteiger partial charge in [-0.15, -0.1) is 0 Å². The fourth-order valence-electron chi connectivity index (χ4n) is 1.72. The average molecular weight is 312 g/mol. The lowest BCUT2D eigenvalue weighted by atomic mass is 10.2. The van der Waals surface area contributed by atoms with Gasteiger partial charge in [0, 0.05) is 22.8 Å². The van der Waals surface area contributed by atoms with Crippen molar-refractivity contribution < 1.29 is 4.39 Å². The molecule has 2 rings (SSSR count). The Morgan fingerprint density at radius 2 is 2.22 bits per heavy atom. The van der Waals surface area contributed by atoms with Crippen molar-refractivity contribution in [3.8, 4) is 0 Å². The van der Waals surface area contributed by atoms with Crippen molar-refractivity contribution in [3.05, 3.63) is 52.0 Å². The summed E-state index contributed by atoms with van der Waals surface area (Å²) in [6.45, 7) is 4.15. The average Bonchev–Trinajstić information content (AvgIpc) is 2.77. The third-order valence-corrected chi connectivity index (χ3v) is 3.19. The van der Waals surface area contributed by atoms with Crippen LogP contribution in [0.3, 0.4) is 0 Å². The number of nitrogens with one attached hydrogen (secondary N) is 1. The number of halogens is 2. The van der Waals surface area contributed by atoms with Crippen LogP contribution in [0.4, 0.5) is 4.39 Å². The molecule has 0 saturated heterocycles. The summed E-state index contributed by atoms with van der Waals surface area (Å²) in [7, 11) is 0. The summed E-state index contributed by atoms with van der Waals surface area (Å²) in [4.78, 5) is 0. The highest BCUT2D eigenvalue weighted by Gasteiger charge is 2.07. The van der Waals surface area contributed by atoms with Crippen LogP contribution in [0.1, 0.15) is 18.2 Å². The van der Waals surface area contributed by atoms with Crippen LogP contribution in [0.25, 0.3) is 0 Å². The van der Waals surface area contributed by atoms with Gasteiger partial charge in [-0.3, -0.25) is 4.68 Å². The molecule has 0 aliphatic heterocycles. The number of benzene rings is 1. The summed E-state index contributed by atoms with van der Waals surface area (Å²) in [6, 6.07) is 7.03. The molecule has 1 aromatic carbocycles. The van der Waals surface area contributed by atoms with Crippen LogP contribution in [-0.2, 0) is 13.1 Å². The van der Waals surface area contributed by atoms with E-state index < -0.39 is 0 Å². The molecule has 0 radical (unpaired) electrons. The van der Waals surface area contributed by atoms with E-state index >= 15 is 0 Å². The maximum atomic E-state index is 13.7. The summed E-state index contributed by atoms with van der Waals surface area (Å²) in [5, 5.41) is 7.46. The van der Waals surface area contributed by atoms with Gasteiger partial charge in [-0.05, 0) is 24.7 Å². The lowest BCUT2D eigenvalue weighted by Gasteiger charge is -2.09. The van der Waals surface area contributed by atoms with Crippen LogP contribution >= 0.6 is 15.9 Å². The van der Waals surface area contributed by atoms with Crippen molar-refractivity contribution in [2.75, 3.05) is 6.54 Å². The monoisotopic (exact) mass is 311 g/mol. The van der Waals surface area contributed by atoms with Crippen molar-refractivity contribution in [1.82, 2.24) is 15.1 Å². The van der Waals surface area contributed by atoms with Crippen molar-refractivity contribution >= 4 is 15.9 Å². The predicted molar refractivity (Wildman–Crippen MR) is 72.8 cm³/mol. The Labute approximate surface area is 114 Å². The molecular formula is C13H15BrFN3. The molecule has 18 heavy (non-hydrogen) atoms. The minimum atomic E-state index is -0.214. The first kappa shape index (κ1) is 13.2. The molecule has 0 fully saturated rings. The Kier molecular flexibility index (Phi) is 4.49. The third-order valence-electron chi connectivity index (χ3n) is 2.70. The molecule has 2 aromatic rings. The van der Waals surface area contributed by atoms with E-state index in [9.17, 15) is 4.39 Å². The molecular weight excluding hydrogens is 297 g/mol. The Morgan fingerprint density at radius 3 is 2.94 bits per heavy atom. The zero-order valence-electron chi connectivity index (χ0n) is 10.2. The number of hydrogen-bond acceptors (Lipinski definition) is 2. The molecule has 1 N–H and O–H groups in total. The van der Waals surface area contributed by atoms with Gasteiger partial charge >= 0.3 is 0 Å². The van der Waals surface area contributed by atoms with E-state index in [2.05, 4.69) is 33.3 Å². The second-order valence-electron chi connectivity index (χ2n) is 4.00. The fourth-order valence-corrected chi connectivity index (χ4v) is 2.05. The molecule has 0 amide bonds. The highest BCUT2D eigenvalue weighted by Crippen LogP contribution is 2.16. The Hall–Kier alpha value is -1.20. The summed E-state index contributed by atoms with van der Waals surface area (Å²) < 4.78 is 16.3. The number of nitrogens with zero attached hydrogens (tertiary/aromatic N) is 2. The normalized spacial score (nSPS) is 10.8. The minimum Gasteiger partial charge on any atom is -0.311 e. The Bertz CT molecular complexity index is 525. The van der Waals surface area contributed by atoms with Gasteiger partial charge in [-0.1, -0.05) is 28.9 Å². The van der Waals surface area contributed by atoms with Crippen LogP contribution in [0.15, 0.2) is 34.9 Å². The van der Waals surface area contributed by atoms with Gasteiger partial charge in [-0.25, -0.2) is 4.39 Å². The first-order valence-electron chi connectivity index (χ1n) is 5.86. The van der Waals surface area contributed by atoms with Crippen molar-refractivity contribution in [2.45, 2.75) is 20.0 Å². The molecule has 3 nitrogen and oxygen atoms in total. The molecule has 0 saturated carbocycles. The van der Waals surface area contributed by atoms with Gasteiger partial charge in [0.05, 0.1) is 12.2 Å². The predicted octanol–water partition coefficient (Wildman–Crippen LogP) is 2.94. The quantitative estimate of drug-likeness (QED) is 0.920. The second-order valence-corrected chi connectivity index (χ2v) is 4.91. The zero-order valence-corrected chi connectivity index (χ0v) is 11.7. The summed E-state index contributed by atoms with van der Waals surface area (Å²) in [5.74, 6) is -0.214. The highest BCUT2D eigenvalue weighted by atomic mass is 79.9. The fraction of sp³-hybridized carbons (Fsp3) is 0.308. The van der Waals surface area contributed by atoms with Crippen LogP contribution < -0.4 is 5.32 Å². The van der Waals surface area contributed by atoms with Crippen molar-refractivity contribution in [2.24, 2.45) is 0 Å². The second kappa shape index (κ2) is 6.11. The van der Waals surface area contributed by atoms with E-state index in [4.69, 9.17) is 0 Å². The SMILES string of the molecule is CCNCc1ccnn1Cc1ccc(Br)cc1F. The largest absolute Gasteiger partial charge is 0.311 e. The molecule has 1 heterocycles. The maximum absolute atomic E-state index is 13.7. The van der Waals surface area contributed by atoms with Gasteiger partial charge in [0.25, 0.3) is 0 Å². The van der Waals surface area contributed by atoms with Gasteiger partial charge in [0.2, 0.25) is 0 Å². The van der Waals surface area contributed by atoms with Crippen LogP contribution in [0.5, 0.6) is 0 Å². The topological polar surface area (TPSA) is 29.9 Å². The molecule has 0 atom stereocenters. The van der Waals surface area contributed by atoms with Crippen molar-refractivity contribution in [1.29, 1.82) is 0 Å². The third kappa shape index (κ3) is 3.17. The lowest BCUT2D eigenvalue weighted by Crippen LogP contribution is -2.16. The van der Waals surface area contributed by atoms with Crippen LogP contribution in [0.2, 0.25) is 0 Å². The summed E-state index contributed by atoms with van der Waals surface area (Å²) in [5.41, 5.74) is 1.69. The van der Waals surface area contributed by atoms with Crippen molar-refractivity contribution in [3.63, 3.8) is 0 Å². The maximum Gasteiger partial charge on any atom is 0.129 e. The zero-order chi connectivity index (χ0) is 13.0. The number of aromatic nitrogens is 2. The lowest BCUT2D eigenvalue weighted by molar-refractivity contribution is 0.564. The standard InChI is InChI=1S/C13H15BrFN3/c1-2-16-8-12-5-6-17-18(12)9-10-3-4-11(14)7-13(10)15/h3-7,16H,2,8-9H2,1H3. The van der Waals surface area contributed by atoms with E-state index in [-0.39, 0.29) is 5.82 Å². The van der Waals surface area contributed by atoms with Crippen LogP contribution in [0, 0.1) is 5.82 Å². The van der Waals surface area contributed by atoms with Gasteiger partial charge < -0.3 is 5.32 Å². The first-order valence-corrected chi connectivity index (χ1v) is 6.65.